The molecule has 0 radical (unpaired) electrons. The molecule has 10 nitrogen and oxygen atoms in total. The number of sulfone groups is 1. The summed E-state index contributed by atoms with van der Waals surface area (Å²) in [7, 11) is -3.43. The molecule has 1 saturated carbocycles. The second-order valence-corrected chi connectivity index (χ2v) is 12.6. The minimum Gasteiger partial charge on any atom is -0.350 e. The zero-order valence-corrected chi connectivity index (χ0v) is 22.8. The average molecular weight is 529 g/mol. The van der Waals surface area contributed by atoms with E-state index in [1.54, 1.807) is 0 Å². The van der Waals surface area contributed by atoms with Crippen LogP contribution < -0.4 is 5.32 Å². The molecule has 3 rings (SSSR count). The second-order valence-electron chi connectivity index (χ2n) is 10.7. The first-order valence-corrected chi connectivity index (χ1v) is 14.5. The van der Waals surface area contributed by atoms with Gasteiger partial charge in [-0.3, -0.25) is 14.3 Å². The van der Waals surface area contributed by atoms with E-state index in [1.165, 1.54) is 12.4 Å². The third-order valence-corrected chi connectivity index (χ3v) is 7.23. The summed E-state index contributed by atoms with van der Waals surface area (Å²) < 4.78 is 24.6. The molecule has 0 aromatic carbocycles. The molecule has 11 heteroatoms. The molecule has 0 saturated heterocycles. The van der Waals surface area contributed by atoms with Crippen LogP contribution in [0.1, 0.15) is 77.0 Å². The lowest BCUT2D eigenvalue weighted by Crippen LogP contribution is -2.32. The van der Waals surface area contributed by atoms with Crippen LogP contribution in [0.4, 0.5) is 0 Å². The number of hydrogen-bond donors (Lipinski definition) is 1. The van der Waals surface area contributed by atoms with Gasteiger partial charge in [0.1, 0.15) is 11.5 Å². The smallest absolute Gasteiger partial charge is 0.246 e. The molecule has 200 valence electrons. The maximum Gasteiger partial charge on any atom is 0.246 e. The molecule has 1 amide bonds. The van der Waals surface area contributed by atoms with Crippen LogP contribution in [0.2, 0.25) is 0 Å². The fourth-order valence-corrected chi connectivity index (χ4v) is 4.83. The van der Waals surface area contributed by atoms with Crippen molar-refractivity contribution in [3.05, 3.63) is 29.8 Å². The Morgan fingerprint density at radius 3 is 2.43 bits per heavy atom. The first kappa shape index (κ1) is 28.4. The third kappa shape index (κ3) is 9.04. The first-order valence-electron chi connectivity index (χ1n) is 12.6. The van der Waals surface area contributed by atoms with Crippen molar-refractivity contribution < 1.29 is 18.0 Å². The van der Waals surface area contributed by atoms with Crippen LogP contribution in [0.3, 0.4) is 0 Å². The fraction of sp³-hybridized carbons (Fsp3) is 0.615. The van der Waals surface area contributed by atoms with Crippen molar-refractivity contribution in [1.82, 2.24) is 30.3 Å². The highest BCUT2D eigenvalue weighted by molar-refractivity contribution is 7.90. The number of carbonyl (C=O) groups is 2. The zero-order valence-electron chi connectivity index (χ0n) is 22.0. The predicted octanol–water partition coefficient (Wildman–Crippen LogP) is 2.73. The molecule has 1 N–H and O–H groups in total. The first-order chi connectivity index (χ1) is 17.4. The van der Waals surface area contributed by atoms with E-state index >= 15 is 0 Å². The number of nitrogens with one attached hydrogen (secondary N) is 1. The van der Waals surface area contributed by atoms with Gasteiger partial charge in [-0.2, -0.15) is 0 Å². The van der Waals surface area contributed by atoms with E-state index in [0.717, 1.165) is 38.5 Å². The lowest BCUT2D eigenvalue weighted by Gasteiger charge is -2.31. The number of carbonyl (C=O) groups excluding carboxylic acids is 2. The molecule has 0 spiro atoms. The van der Waals surface area contributed by atoms with E-state index in [-0.39, 0.29) is 22.4 Å². The average Bonchev–Trinajstić information content (AvgIpc) is 3.29. The Kier molecular flexibility index (Phi) is 9.54. The highest BCUT2D eigenvalue weighted by atomic mass is 32.2. The Labute approximate surface area is 219 Å². The van der Waals surface area contributed by atoms with Crippen molar-refractivity contribution in [2.45, 2.75) is 84.0 Å². The normalized spacial score (nSPS) is 18.1. The molecule has 1 fully saturated rings. The molecular formula is C26H36N6O4S. The Hall–Kier alpha value is -3.13. The summed E-state index contributed by atoms with van der Waals surface area (Å²) >= 11 is 0. The van der Waals surface area contributed by atoms with Gasteiger partial charge in [0.15, 0.2) is 0 Å². The van der Waals surface area contributed by atoms with E-state index < -0.39 is 9.84 Å². The lowest BCUT2D eigenvalue weighted by atomic mass is 9.73. The Balaban J connectivity index is 1.33. The van der Waals surface area contributed by atoms with E-state index in [9.17, 15) is 18.0 Å². The predicted molar refractivity (Wildman–Crippen MR) is 138 cm³/mol. The SMILES string of the molecule is CC(C)(C)C(=O)C1CCC(Cn2cc(CNC(=O)CCCC#Cc3cnc(S(C)(=O)=O)nc3)nn2)CC1. The number of nitrogens with zero attached hydrogens (tertiary/aromatic N) is 5. The minimum atomic E-state index is -3.43. The van der Waals surface area contributed by atoms with Gasteiger partial charge in [-0.15, -0.1) is 5.10 Å². The molecule has 0 aliphatic heterocycles. The number of hydrogen-bond acceptors (Lipinski definition) is 8. The van der Waals surface area contributed by atoms with E-state index in [2.05, 4.69) is 37.4 Å². The molecule has 37 heavy (non-hydrogen) atoms. The lowest BCUT2D eigenvalue weighted by molar-refractivity contribution is -0.131. The standard InChI is InChI=1S/C26H36N6O4S/c1-26(2,3)24(34)21-12-10-19(11-13-21)17-32-18-22(30-31-32)16-27-23(33)9-7-5-6-8-20-14-28-25(29-15-20)37(4,35)36/h14-15,18-19,21H,5,7,9-13,16-17H2,1-4H3,(H,27,33). The van der Waals surface area contributed by atoms with Gasteiger partial charge in [-0.05, 0) is 38.0 Å². The molecule has 2 aromatic heterocycles. The van der Waals surface area contributed by atoms with E-state index in [1.807, 2.05) is 31.6 Å². The van der Waals surface area contributed by atoms with Gasteiger partial charge < -0.3 is 5.32 Å². The Morgan fingerprint density at radius 2 is 1.81 bits per heavy atom. The van der Waals surface area contributed by atoms with Crippen molar-refractivity contribution in [1.29, 1.82) is 0 Å². The van der Waals surface area contributed by atoms with Crippen LogP contribution in [-0.4, -0.2) is 51.3 Å². The fourth-order valence-electron chi connectivity index (χ4n) is 4.34. The minimum absolute atomic E-state index is 0.0842. The summed E-state index contributed by atoms with van der Waals surface area (Å²) in [6.45, 7) is 7.08. The monoisotopic (exact) mass is 528 g/mol. The van der Waals surface area contributed by atoms with Gasteiger partial charge in [0.05, 0.1) is 18.3 Å². The summed E-state index contributed by atoms with van der Waals surface area (Å²) in [4.78, 5) is 32.2. The summed E-state index contributed by atoms with van der Waals surface area (Å²) in [5.74, 6) is 6.75. The van der Waals surface area contributed by atoms with Gasteiger partial charge >= 0.3 is 0 Å². The van der Waals surface area contributed by atoms with Crippen LogP contribution in [0.5, 0.6) is 0 Å². The van der Waals surface area contributed by atoms with Crippen molar-refractivity contribution in [2.75, 3.05) is 6.26 Å². The zero-order chi connectivity index (χ0) is 27.1. The van der Waals surface area contributed by atoms with Crippen molar-refractivity contribution >= 4 is 21.5 Å². The topological polar surface area (TPSA) is 137 Å². The number of unbranched alkanes of at least 4 members (excludes halogenated alkanes) is 1. The third-order valence-electron chi connectivity index (χ3n) is 6.35. The van der Waals surface area contributed by atoms with Gasteiger partial charge in [0, 0.05) is 49.4 Å². The van der Waals surface area contributed by atoms with Crippen LogP contribution in [0.25, 0.3) is 0 Å². The quantitative estimate of drug-likeness (QED) is 0.298. The van der Waals surface area contributed by atoms with Crippen molar-refractivity contribution in [3.8, 4) is 11.8 Å². The van der Waals surface area contributed by atoms with Crippen LogP contribution >= 0.6 is 0 Å². The van der Waals surface area contributed by atoms with Gasteiger partial charge in [0.2, 0.25) is 20.9 Å². The largest absolute Gasteiger partial charge is 0.350 e. The molecule has 2 aromatic rings. The van der Waals surface area contributed by atoms with Crippen molar-refractivity contribution in [2.24, 2.45) is 17.3 Å². The second kappa shape index (κ2) is 12.4. The van der Waals surface area contributed by atoms with E-state index in [0.29, 0.717) is 48.8 Å². The summed E-state index contributed by atoms with van der Waals surface area (Å²) in [5.41, 5.74) is 0.954. The number of aromatic nitrogens is 5. The van der Waals surface area contributed by atoms with Gasteiger partial charge in [-0.1, -0.05) is 37.8 Å². The number of ketones is 1. The van der Waals surface area contributed by atoms with Gasteiger partial charge in [0.25, 0.3) is 0 Å². The Bertz CT molecular complexity index is 1240. The molecule has 2 heterocycles. The molecule has 0 atom stereocenters. The summed E-state index contributed by atoms with van der Waals surface area (Å²) in [6.07, 6.45) is 11.0. The molecule has 1 aliphatic carbocycles. The highest BCUT2D eigenvalue weighted by Gasteiger charge is 2.32. The molecular weight excluding hydrogens is 492 g/mol. The van der Waals surface area contributed by atoms with Crippen LogP contribution in [0.15, 0.2) is 23.7 Å². The number of rotatable bonds is 9. The van der Waals surface area contributed by atoms with Crippen LogP contribution in [0, 0.1) is 29.1 Å². The van der Waals surface area contributed by atoms with Gasteiger partial charge in [-0.25, -0.2) is 18.4 Å². The highest BCUT2D eigenvalue weighted by Crippen LogP contribution is 2.34. The Morgan fingerprint density at radius 1 is 1.14 bits per heavy atom. The summed E-state index contributed by atoms with van der Waals surface area (Å²) in [5, 5.41) is 11.0. The molecule has 1 aliphatic rings. The number of Topliss-reactive ketones (excluding diaryl/α,β-unsaturated/α-hetero) is 1. The van der Waals surface area contributed by atoms with E-state index in [4.69, 9.17) is 0 Å². The maximum absolute atomic E-state index is 12.5. The molecule has 0 unspecified atom stereocenters. The number of amides is 1. The van der Waals surface area contributed by atoms with Crippen LogP contribution in [-0.2, 0) is 32.5 Å². The maximum atomic E-state index is 12.5. The molecule has 0 bridgehead atoms. The summed E-state index contributed by atoms with van der Waals surface area (Å²) in [6, 6.07) is 0. The van der Waals surface area contributed by atoms with Crippen molar-refractivity contribution in [3.63, 3.8) is 0 Å².